The van der Waals surface area contributed by atoms with Gasteiger partial charge < -0.3 is 20.1 Å². The van der Waals surface area contributed by atoms with Crippen LogP contribution in [-0.4, -0.2) is 34.3 Å². The van der Waals surface area contributed by atoms with Crippen molar-refractivity contribution in [2.45, 2.75) is 12.7 Å². The molecule has 60 valence electrons. The van der Waals surface area contributed by atoms with Crippen LogP contribution in [-0.2, 0) is 9.84 Å². The van der Waals surface area contributed by atoms with Crippen LogP contribution in [0.25, 0.3) is 0 Å². The number of ether oxygens (including phenoxy) is 1. The lowest BCUT2D eigenvalue weighted by atomic mass is 10.3. The summed E-state index contributed by atoms with van der Waals surface area (Å²) in [5.41, 5.74) is 0. The molecule has 0 aromatic rings. The van der Waals surface area contributed by atoms with Gasteiger partial charge in [0.05, 0.1) is 6.61 Å². The van der Waals surface area contributed by atoms with E-state index in [2.05, 4.69) is 4.74 Å². The summed E-state index contributed by atoms with van der Waals surface area (Å²) in [6, 6.07) is 0. The standard InChI is InChI=1S/C5H10O5/c1-5(9,4(7)8)10-3-2-6/h7-9H,2-3H2,1H3. The van der Waals surface area contributed by atoms with Crippen molar-refractivity contribution in [1.82, 2.24) is 0 Å². The van der Waals surface area contributed by atoms with Gasteiger partial charge in [0.25, 0.3) is 6.29 Å². The number of rotatable bonds is 4. The van der Waals surface area contributed by atoms with E-state index >= 15 is 0 Å². The van der Waals surface area contributed by atoms with E-state index in [1.165, 1.54) is 0 Å². The summed E-state index contributed by atoms with van der Waals surface area (Å²) < 4.78 is 4.35. The van der Waals surface area contributed by atoms with E-state index in [0.717, 1.165) is 6.92 Å². The highest BCUT2D eigenvalue weighted by atomic mass is 16.7. The Morgan fingerprint density at radius 3 is 2.40 bits per heavy atom. The molecule has 0 aromatic carbocycles. The lowest BCUT2D eigenvalue weighted by Gasteiger charge is -2.22. The van der Waals surface area contributed by atoms with Gasteiger partial charge >= 0.3 is 0 Å². The first-order valence-corrected chi connectivity index (χ1v) is 2.70. The zero-order chi connectivity index (χ0) is 8.20. The molecule has 0 amide bonds. The third kappa shape index (κ3) is 3.09. The molecule has 1 atom stereocenters. The molecule has 0 aromatic heterocycles. The van der Waals surface area contributed by atoms with Crippen molar-refractivity contribution in [1.29, 1.82) is 0 Å². The van der Waals surface area contributed by atoms with Crippen molar-refractivity contribution in [3.63, 3.8) is 0 Å². The van der Waals surface area contributed by atoms with E-state index in [-0.39, 0.29) is 6.61 Å². The molecular weight excluding hydrogens is 140 g/mol. The topological polar surface area (TPSA) is 89.8 Å². The van der Waals surface area contributed by atoms with Crippen molar-refractivity contribution < 1.29 is 25.2 Å². The van der Waals surface area contributed by atoms with Crippen molar-refractivity contribution in [2.75, 3.05) is 13.2 Å². The molecule has 0 rings (SSSR count). The van der Waals surface area contributed by atoms with E-state index in [9.17, 15) is 5.11 Å². The normalized spacial score (nSPS) is 17.4. The van der Waals surface area contributed by atoms with Gasteiger partial charge in [0.2, 0.25) is 5.79 Å². The van der Waals surface area contributed by atoms with Gasteiger partial charge in [-0.15, -0.1) is 0 Å². The highest BCUT2D eigenvalue weighted by Crippen LogP contribution is 2.14. The Hall–Kier alpha value is -0.200. The Kier molecular flexibility index (Phi) is 3.77. The third-order valence-electron chi connectivity index (χ3n) is 0.881. The zero-order valence-corrected chi connectivity index (χ0v) is 5.57. The van der Waals surface area contributed by atoms with Crippen LogP contribution in [0, 0.1) is 6.29 Å². The highest BCUT2D eigenvalue weighted by Gasteiger charge is 2.31. The molecule has 0 aliphatic heterocycles. The number of aliphatic hydroxyl groups is 3. The van der Waals surface area contributed by atoms with Crippen LogP contribution >= 0.6 is 0 Å². The largest absolute Gasteiger partial charge is 0.361 e. The molecule has 0 bridgehead atoms. The molecule has 5 heteroatoms. The van der Waals surface area contributed by atoms with E-state index in [1.807, 2.05) is 0 Å². The lowest BCUT2D eigenvalue weighted by molar-refractivity contribution is -0.249. The lowest BCUT2D eigenvalue weighted by Crippen LogP contribution is -2.36. The molecule has 0 fully saturated rings. The van der Waals surface area contributed by atoms with Crippen molar-refractivity contribution in [2.24, 2.45) is 0 Å². The minimum atomic E-state index is -2.12. The molecule has 0 heterocycles. The van der Waals surface area contributed by atoms with Crippen LogP contribution < -0.4 is 0 Å². The third-order valence-corrected chi connectivity index (χ3v) is 0.881. The van der Waals surface area contributed by atoms with Gasteiger partial charge in [-0.25, -0.2) is 5.11 Å². The Morgan fingerprint density at radius 2 is 2.10 bits per heavy atom. The molecule has 0 aliphatic rings. The maximum atomic E-state index is 9.79. The molecular formula is C5H10O5. The molecule has 0 saturated heterocycles. The zero-order valence-electron chi connectivity index (χ0n) is 5.57. The molecule has 5 nitrogen and oxygen atoms in total. The summed E-state index contributed by atoms with van der Waals surface area (Å²) in [6.45, 7) is 0.221. The number of hydrogen-bond acceptors (Lipinski definition) is 4. The fourth-order valence-corrected chi connectivity index (χ4v) is 0.305. The molecule has 0 spiro atoms. The maximum absolute atomic E-state index is 9.79. The fraction of sp³-hybridized carbons (Fsp3) is 0.800. The van der Waals surface area contributed by atoms with Gasteiger partial charge in [-0.1, -0.05) is 0 Å². The average molecular weight is 150 g/mol. The van der Waals surface area contributed by atoms with Gasteiger partial charge in [0.15, 0.2) is 0 Å². The van der Waals surface area contributed by atoms with E-state index in [1.54, 1.807) is 0 Å². The van der Waals surface area contributed by atoms with Crippen molar-refractivity contribution in [3.8, 4) is 0 Å². The quantitative estimate of drug-likeness (QED) is 0.466. The Bertz CT molecular complexity index is 90.0. The van der Waals surface area contributed by atoms with Crippen LogP contribution in [0.5, 0.6) is 0 Å². The fourth-order valence-electron chi connectivity index (χ4n) is 0.305. The second kappa shape index (κ2) is 3.85. The summed E-state index contributed by atoms with van der Waals surface area (Å²) in [6.07, 6.45) is -1.25. The minimum absolute atomic E-state index is 0.266. The molecule has 10 heavy (non-hydrogen) atoms. The number of hydrogen-bond donors (Lipinski definition) is 3. The first-order chi connectivity index (χ1) is 4.50. The van der Waals surface area contributed by atoms with E-state index in [4.69, 9.17) is 15.3 Å². The van der Waals surface area contributed by atoms with Gasteiger partial charge in [-0.05, 0) is 6.92 Å². The van der Waals surface area contributed by atoms with Crippen molar-refractivity contribution >= 4 is 0 Å². The summed E-state index contributed by atoms with van der Waals surface area (Å²) in [5.74, 6) is -2.12. The summed E-state index contributed by atoms with van der Waals surface area (Å²) in [7, 11) is 0. The van der Waals surface area contributed by atoms with Gasteiger partial charge in [-0.2, -0.15) is 0 Å². The van der Waals surface area contributed by atoms with E-state index < -0.39 is 18.7 Å². The van der Waals surface area contributed by atoms with E-state index in [0.29, 0.717) is 0 Å². The monoisotopic (exact) mass is 150 g/mol. The van der Waals surface area contributed by atoms with Crippen LogP contribution in [0.4, 0.5) is 0 Å². The van der Waals surface area contributed by atoms with Crippen LogP contribution in [0.1, 0.15) is 6.92 Å². The van der Waals surface area contributed by atoms with Crippen LogP contribution in [0.3, 0.4) is 0 Å². The van der Waals surface area contributed by atoms with Crippen molar-refractivity contribution in [3.05, 3.63) is 6.29 Å². The predicted octanol–water partition coefficient (Wildman–Crippen LogP) is -0.624. The Morgan fingerprint density at radius 1 is 1.60 bits per heavy atom. The molecule has 0 saturated carbocycles. The first kappa shape index (κ1) is 9.80. The summed E-state index contributed by atoms with van der Waals surface area (Å²) in [5, 5.41) is 35.2. The number of aliphatic hydroxyl groups excluding tert-OH is 1. The molecule has 2 radical (unpaired) electrons. The van der Waals surface area contributed by atoms with Crippen LogP contribution in [0.15, 0.2) is 0 Å². The predicted molar refractivity (Wildman–Crippen MR) is 29.2 cm³/mol. The van der Waals surface area contributed by atoms with Gasteiger partial charge in [0, 0.05) is 0 Å². The Balaban J connectivity index is 3.63. The maximum Gasteiger partial charge on any atom is 0.279 e. The molecule has 1 unspecified atom stereocenters. The molecule has 0 aliphatic carbocycles. The Labute approximate surface area is 58.5 Å². The van der Waals surface area contributed by atoms with Gasteiger partial charge in [-0.3, -0.25) is 0 Å². The average Bonchev–Trinajstić information content (AvgIpc) is 1.84. The molecule has 3 N–H and O–H groups in total. The summed E-state index contributed by atoms with van der Waals surface area (Å²) >= 11 is 0. The van der Waals surface area contributed by atoms with Gasteiger partial charge in [0.1, 0.15) is 6.61 Å². The minimum Gasteiger partial charge on any atom is -0.361 e. The van der Waals surface area contributed by atoms with Crippen LogP contribution in [0.2, 0.25) is 0 Å². The smallest absolute Gasteiger partial charge is 0.279 e. The highest BCUT2D eigenvalue weighted by molar-refractivity contribution is 4.76. The summed E-state index contributed by atoms with van der Waals surface area (Å²) in [4.78, 5) is 0. The second-order valence-electron chi connectivity index (χ2n) is 1.86. The SMILES string of the molecule is CC(O)(OCC[O])[C](O)O. The second-order valence-corrected chi connectivity index (χ2v) is 1.86. The first-order valence-electron chi connectivity index (χ1n) is 2.70.